The van der Waals surface area contributed by atoms with E-state index in [0.29, 0.717) is 12.2 Å². The van der Waals surface area contributed by atoms with Gasteiger partial charge in [0.1, 0.15) is 5.69 Å². The van der Waals surface area contributed by atoms with Crippen molar-refractivity contribution >= 4 is 17.3 Å². The van der Waals surface area contributed by atoms with Gasteiger partial charge in [0.15, 0.2) is 0 Å². The van der Waals surface area contributed by atoms with Gasteiger partial charge in [0.25, 0.3) is 5.91 Å². The predicted molar refractivity (Wildman–Crippen MR) is 128 cm³/mol. The molecule has 0 radical (unpaired) electrons. The number of carbonyl (C=O) groups excluding carboxylic acids is 1. The van der Waals surface area contributed by atoms with Gasteiger partial charge in [0, 0.05) is 55.3 Å². The monoisotopic (exact) mass is 423 g/mol. The average molecular weight is 424 g/mol. The van der Waals surface area contributed by atoms with Crippen LogP contribution in [0.2, 0.25) is 0 Å². The molecule has 3 heterocycles. The number of aromatic nitrogens is 3. The lowest BCUT2D eigenvalue weighted by atomic mass is 10.1. The van der Waals surface area contributed by atoms with Crippen LogP contribution in [-0.4, -0.2) is 35.0 Å². The Bertz CT molecular complexity index is 1210. The van der Waals surface area contributed by atoms with E-state index in [2.05, 4.69) is 15.0 Å². The van der Waals surface area contributed by atoms with Gasteiger partial charge in [-0.2, -0.15) is 0 Å². The molecule has 0 atom stereocenters. The first-order valence-electron chi connectivity index (χ1n) is 10.4. The minimum absolute atomic E-state index is 0.157. The fourth-order valence-electron chi connectivity index (χ4n) is 3.42. The van der Waals surface area contributed by atoms with Gasteiger partial charge in [-0.25, -0.2) is 0 Å². The molecule has 0 aliphatic rings. The zero-order chi connectivity index (χ0) is 22.5. The average Bonchev–Trinajstić information content (AvgIpc) is 2.83. The molecule has 0 fully saturated rings. The molecule has 32 heavy (non-hydrogen) atoms. The predicted octanol–water partition coefficient (Wildman–Crippen LogP) is 4.76. The van der Waals surface area contributed by atoms with Gasteiger partial charge in [0.2, 0.25) is 0 Å². The van der Waals surface area contributed by atoms with Crippen molar-refractivity contribution in [2.75, 3.05) is 23.9 Å². The Labute approximate surface area is 188 Å². The molecule has 3 aromatic heterocycles. The first kappa shape index (κ1) is 21.2. The van der Waals surface area contributed by atoms with E-state index < -0.39 is 0 Å². The largest absolute Gasteiger partial charge is 0.378 e. The number of nitrogens with zero attached hydrogens (tertiary/aromatic N) is 5. The number of carbonyl (C=O) groups is 1. The summed E-state index contributed by atoms with van der Waals surface area (Å²) >= 11 is 0. The minimum atomic E-state index is -0.157. The molecule has 0 aliphatic carbocycles. The number of rotatable bonds is 6. The standard InChI is InChI=1S/C26H25N5O/c1-19-15-21(12-14-27-19)24-11-10-20(17-29-24)18-31(26(32)25-9-4-5-13-28-25)23-8-6-7-22(16-23)30(2)3/h4-17H,18H2,1-3H3. The minimum Gasteiger partial charge on any atom is -0.378 e. The van der Waals surface area contributed by atoms with Crippen LogP contribution in [0.5, 0.6) is 0 Å². The summed E-state index contributed by atoms with van der Waals surface area (Å²) in [5.41, 5.74) is 5.99. The quantitative estimate of drug-likeness (QED) is 0.447. The second kappa shape index (κ2) is 9.39. The van der Waals surface area contributed by atoms with E-state index in [0.717, 1.165) is 33.9 Å². The van der Waals surface area contributed by atoms with Gasteiger partial charge >= 0.3 is 0 Å². The Morgan fingerprint density at radius 3 is 2.38 bits per heavy atom. The lowest BCUT2D eigenvalue weighted by Gasteiger charge is -2.24. The van der Waals surface area contributed by atoms with Crippen LogP contribution in [-0.2, 0) is 6.54 Å². The molecule has 6 heteroatoms. The van der Waals surface area contributed by atoms with E-state index in [1.54, 1.807) is 29.4 Å². The highest BCUT2D eigenvalue weighted by Gasteiger charge is 2.20. The van der Waals surface area contributed by atoms with Crippen LogP contribution in [0.1, 0.15) is 21.7 Å². The molecule has 160 valence electrons. The third-order valence-corrected chi connectivity index (χ3v) is 5.14. The number of hydrogen-bond acceptors (Lipinski definition) is 5. The van der Waals surface area contributed by atoms with E-state index in [1.165, 1.54) is 0 Å². The van der Waals surface area contributed by atoms with Crippen LogP contribution in [0.3, 0.4) is 0 Å². The fourth-order valence-corrected chi connectivity index (χ4v) is 3.42. The van der Waals surface area contributed by atoms with Crippen molar-refractivity contribution in [3.63, 3.8) is 0 Å². The summed E-state index contributed by atoms with van der Waals surface area (Å²) in [5, 5.41) is 0. The summed E-state index contributed by atoms with van der Waals surface area (Å²) in [5.74, 6) is -0.157. The SMILES string of the molecule is Cc1cc(-c2ccc(CN(C(=O)c3ccccn3)c3cccc(N(C)C)c3)cn2)ccn1. The Balaban J connectivity index is 1.66. The van der Waals surface area contributed by atoms with Crippen molar-refractivity contribution in [1.29, 1.82) is 0 Å². The Morgan fingerprint density at radius 1 is 0.844 bits per heavy atom. The fraction of sp³-hybridized carbons (Fsp3) is 0.154. The number of amides is 1. The van der Waals surface area contributed by atoms with Crippen molar-refractivity contribution in [2.24, 2.45) is 0 Å². The molecule has 0 N–H and O–H groups in total. The molecule has 0 bridgehead atoms. The van der Waals surface area contributed by atoms with E-state index in [4.69, 9.17) is 0 Å². The van der Waals surface area contributed by atoms with Crippen molar-refractivity contribution in [3.8, 4) is 11.3 Å². The van der Waals surface area contributed by atoms with Crippen LogP contribution in [0.25, 0.3) is 11.3 Å². The zero-order valence-corrected chi connectivity index (χ0v) is 18.4. The van der Waals surface area contributed by atoms with Crippen LogP contribution < -0.4 is 9.80 Å². The smallest absolute Gasteiger partial charge is 0.277 e. The second-order valence-corrected chi connectivity index (χ2v) is 7.76. The molecule has 1 amide bonds. The van der Waals surface area contributed by atoms with Gasteiger partial charge in [0.05, 0.1) is 12.2 Å². The van der Waals surface area contributed by atoms with Crippen LogP contribution in [0.15, 0.2) is 85.3 Å². The molecule has 0 saturated heterocycles. The van der Waals surface area contributed by atoms with Crippen LogP contribution in [0.4, 0.5) is 11.4 Å². The van der Waals surface area contributed by atoms with Gasteiger partial charge < -0.3 is 9.80 Å². The van der Waals surface area contributed by atoms with E-state index in [1.807, 2.05) is 86.7 Å². The van der Waals surface area contributed by atoms with E-state index >= 15 is 0 Å². The number of pyridine rings is 3. The third-order valence-electron chi connectivity index (χ3n) is 5.14. The maximum atomic E-state index is 13.4. The van der Waals surface area contributed by atoms with Crippen LogP contribution >= 0.6 is 0 Å². The number of hydrogen-bond donors (Lipinski definition) is 0. The lowest BCUT2D eigenvalue weighted by molar-refractivity contribution is 0.0980. The van der Waals surface area contributed by atoms with Crippen LogP contribution in [0, 0.1) is 6.92 Å². The molecule has 0 unspecified atom stereocenters. The number of benzene rings is 1. The summed E-state index contributed by atoms with van der Waals surface area (Å²) < 4.78 is 0. The van der Waals surface area contributed by atoms with E-state index in [-0.39, 0.29) is 5.91 Å². The van der Waals surface area contributed by atoms with Gasteiger partial charge in [-0.05, 0) is 61.0 Å². The topological polar surface area (TPSA) is 62.2 Å². The maximum absolute atomic E-state index is 13.4. The van der Waals surface area contributed by atoms with E-state index in [9.17, 15) is 4.79 Å². The van der Waals surface area contributed by atoms with Gasteiger partial charge in [-0.15, -0.1) is 0 Å². The molecular formula is C26H25N5O. The Morgan fingerprint density at radius 2 is 1.69 bits per heavy atom. The maximum Gasteiger partial charge on any atom is 0.277 e. The summed E-state index contributed by atoms with van der Waals surface area (Å²) in [6.45, 7) is 2.34. The summed E-state index contributed by atoms with van der Waals surface area (Å²) in [6.07, 6.45) is 5.24. The highest BCUT2D eigenvalue weighted by molar-refractivity contribution is 6.04. The Hall–Kier alpha value is -4.06. The summed E-state index contributed by atoms with van der Waals surface area (Å²) in [4.78, 5) is 30.3. The lowest BCUT2D eigenvalue weighted by Crippen LogP contribution is -2.31. The van der Waals surface area contributed by atoms with Crippen molar-refractivity contribution < 1.29 is 4.79 Å². The van der Waals surface area contributed by atoms with Crippen molar-refractivity contribution in [1.82, 2.24) is 15.0 Å². The third kappa shape index (κ3) is 4.81. The highest BCUT2D eigenvalue weighted by Crippen LogP contribution is 2.25. The van der Waals surface area contributed by atoms with Crippen molar-refractivity contribution in [3.05, 3.63) is 102 Å². The molecule has 4 rings (SSSR count). The van der Waals surface area contributed by atoms with Gasteiger partial charge in [-0.3, -0.25) is 19.7 Å². The first-order chi connectivity index (χ1) is 15.5. The summed E-state index contributed by atoms with van der Waals surface area (Å²) in [6, 6.07) is 21.2. The molecule has 0 aliphatic heterocycles. The number of aryl methyl sites for hydroxylation is 1. The first-order valence-corrected chi connectivity index (χ1v) is 10.4. The molecule has 0 saturated carbocycles. The molecule has 1 aromatic carbocycles. The molecule has 6 nitrogen and oxygen atoms in total. The zero-order valence-electron chi connectivity index (χ0n) is 18.4. The second-order valence-electron chi connectivity index (χ2n) is 7.76. The van der Waals surface area contributed by atoms with Crippen molar-refractivity contribution in [2.45, 2.75) is 13.5 Å². The molecular weight excluding hydrogens is 398 g/mol. The molecule has 4 aromatic rings. The normalized spacial score (nSPS) is 10.6. The van der Waals surface area contributed by atoms with Gasteiger partial charge in [-0.1, -0.05) is 18.2 Å². The number of anilines is 2. The summed E-state index contributed by atoms with van der Waals surface area (Å²) in [7, 11) is 3.96. The Kier molecular flexibility index (Phi) is 6.22. The molecule has 0 spiro atoms. The highest BCUT2D eigenvalue weighted by atomic mass is 16.2.